The molecule has 1 amide bonds. The molecule has 0 spiro atoms. The molecule has 1 aromatic carbocycles. The number of carbonyl (C=O) groups excluding carboxylic acids is 2. The SMILES string of the molecule is O=C1CC(=O)N(c2ccc(Br)c(Cl)c2Cl)C1. The molecule has 1 saturated heterocycles. The third-order valence-corrected chi connectivity index (χ3v) is 4.05. The summed E-state index contributed by atoms with van der Waals surface area (Å²) in [5.74, 6) is -0.356. The summed E-state index contributed by atoms with van der Waals surface area (Å²) < 4.78 is 0.654. The van der Waals surface area contributed by atoms with E-state index in [1.165, 1.54) is 4.90 Å². The normalized spacial score (nSPS) is 16.1. The minimum absolute atomic E-state index is 0.0655. The van der Waals surface area contributed by atoms with Crippen molar-refractivity contribution in [2.45, 2.75) is 6.42 Å². The van der Waals surface area contributed by atoms with E-state index < -0.39 is 0 Å². The van der Waals surface area contributed by atoms with E-state index in [0.717, 1.165) is 0 Å². The third-order valence-electron chi connectivity index (χ3n) is 2.29. The van der Waals surface area contributed by atoms with Crippen molar-refractivity contribution in [2.24, 2.45) is 0 Å². The van der Waals surface area contributed by atoms with Gasteiger partial charge in [0, 0.05) is 4.47 Å². The van der Waals surface area contributed by atoms with Gasteiger partial charge in [0.1, 0.15) is 0 Å². The fourth-order valence-electron chi connectivity index (χ4n) is 1.53. The molecular weight excluding hydrogens is 317 g/mol. The van der Waals surface area contributed by atoms with E-state index >= 15 is 0 Å². The number of carbonyl (C=O) groups is 2. The smallest absolute Gasteiger partial charge is 0.234 e. The molecule has 16 heavy (non-hydrogen) atoms. The highest BCUT2D eigenvalue weighted by molar-refractivity contribution is 9.10. The molecule has 1 aromatic rings. The lowest BCUT2D eigenvalue weighted by Crippen LogP contribution is -2.24. The van der Waals surface area contributed by atoms with Gasteiger partial charge < -0.3 is 4.90 Å². The fraction of sp³-hybridized carbons (Fsp3) is 0.200. The summed E-state index contributed by atoms with van der Waals surface area (Å²) >= 11 is 15.2. The van der Waals surface area contributed by atoms with Crippen LogP contribution in [0.2, 0.25) is 10.0 Å². The topological polar surface area (TPSA) is 37.4 Å². The summed E-state index contributed by atoms with van der Waals surface area (Å²) in [6.07, 6.45) is -0.0655. The second-order valence-electron chi connectivity index (χ2n) is 3.39. The molecule has 0 bridgehead atoms. The Bertz CT molecular complexity index is 490. The number of hydrogen-bond donors (Lipinski definition) is 0. The van der Waals surface area contributed by atoms with Gasteiger partial charge in [0.05, 0.1) is 28.7 Å². The molecule has 2 rings (SSSR count). The van der Waals surface area contributed by atoms with Gasteiger partial charge in [0.15, 0.2) is 5.78 Å². The minimum Gasteiger partial charge on any atom is -0.303 e. The fourth-order valence-corrected chi connectivity index (χ4v) is 2.40. The van der Waals surface area contributed by atoms with Crippen molar-refractivity contribution in [3.05, 3.63) is 26.7 Å². The summed E-state index contributed by atoms with van der Waals surface area (Å²) in [5, 5.41) is 0.616. The van der Waals surface area contributed by atoms with Gasteiger partial charge in [-0.3, -0.25) is 9.59 Å². The summed E-state index contributed by atoms with van der Waals surface area (Å²) in [7, 11) is 0. The van der Waals surface area contributed by atoms with Crippen molar-refractivity contribution in [1.29, 1.82) is 0 Å². The molecule has 1 heterocycles. The number of hydrogen-bond acceptors (Lipinski definition) is 2. The van der Waals surface area contributed by atoms with Crippen molar-refractivity contribution in [3.8, 4) is 0 Å². The van der Waals surface area contributed by atoms with Gasteiger partial charge in [0.25, 0.3) is 0 Å². The summed E-state index contributed by atoms with van der Waals surface area (Å²) in [4.78, 5) is 24.0. The molecule has 1 aliphatic heterocycles. The van der Waals surface area contributed by atoms with Crippen molar-refractivity contribution < 1.29 is 9.59 Å². The number of amides is 1. The molecule has 0 saturated carbocycles. The molecular formula is C10H6BrCl2NO2. The zero-order valence-electron chi connectivity index (χ0n) is 7.97. The predicted molar refractivity (Wildman–Crippen MR) is 66.1 cm³/mol. The maximum absolute atomic E-state index is 11.5. The average Bonchev–Trinajstić information content (AvgIpc) is 2.55. The van der Waals surface area contributed by atoms with Crippen LogP contribution in [0.15, 0.2) is 16.6 Å². The molecule has 0 unspecified atom stereocenters. The van der Waals surface area contributed by atoms with E-state index in [9.17, 15) is 9.59 Å². The van der Waals surface area contributed by atoms with Crippen LogP contribution in [0.5, 0.6) is 0 Å². The largest absolute Gasteiger partial charge is 0.303 e. The Labute approximate surface area is 110 Å². The van der Waals surface area contributed by atoms with Gasteiger partial charge in [-0.1, -0.05) is 23.2 Å². The second kappa shape index (κ2) is 4.35. The number of benzene rings is 1. The van der Waals surface area contributed by atoms with Gasteiger partial charge >= 0.3 is 0 Å². The number of rotatable bonds is 1. The van der Waals surface area contributed by atoms with Gasteiger partial charge in [-0.15, -0.1) is 0 Å². The highest BCUT2D eigenvalue weighted by atomic mass is 79.9. The Balaban J connectivity index is 2.45. The van der Waals surface area contributed by atoms with Crippen LogP contribution in [-0.4, -0.2) is 18.2 Å². The van der Waals surface area contributed by atoms with Crippen LogP contribution in [0, 0.1) is 0 Å². The molecule has 1 aliphatic rings. The Hall–Kier alpha value is -0.580. The molecule has 0 aliphatic carbocycles. The van der Waals surface area contributed by atoms with E-state index in [2.05, 4.69) is 15.9 Å². The van der Waals surface area contributed by atoms with E-state index in [0.29, 0.717) is 15.2 Å². The van der Waals surface area contributed by atoms with Crippen molar-refractivity contribution in [2.75, 3.05) is 11.4 Å². The standard InChI is InChI=1S/C10H6BrCl2NO2/c11-6-1-2-7(10(13)9(6)12)14-4-5(15)3-8(14)16/h1-2H,3-4H2. The van der Waals surface area contributed by atoms with Crippen LogP contribution in [0.1, 0.15) is 6.42 Å². The molecule has 0 N–H and O–H groups in total. The van der Waals surface area contributed by atoms with Gasteiger partial charge in [-0.05, 0) is 28.1 Å². The van der Waals surface area contributed by atoms with Gasteiger partial charge in [0.2, 0.25) is 5.91 Å². The van der Waals surface area contributed by atoms with Gasteiger partial charge in [-0.25, -0.2) is 0 Å². The zero-order chi connectivity index (χ0) is 11.9. The van der Waals surface area contributed by atoms with E-state index in [4.69, 9.17) is 23.2 Å². The molecule has 1 fully saturated rings. The maximum atomic E-state index is 11.5. The van der Waals surface area contributed by atoms with Gasteiger partial charge in [-0.2, -0.15) is 0 Å². The molecule has 0 radical (unpaired) electrons. The molecule has 0 atom stereocenters. The minimum atomic E-state index is -0.245. The Kier molecular flexibility index (Phi) is 3.24. The lowest BCUT2D eigenvalue weighted by molar-refractivity contribution is -0.121. The first kappa shape index (κ1) is 11.9. The monoisotopic (exact) mass is 321 g/mol. The lowest BCUT2D eigenvalue weighted by Gasteiger charge is -2.17. The number of ketones is 1. The van der Waals surface area contributed by atoms with Crippen LogP contribution >= 0.6 is 39.1 Å². The number of halogens is 3. The highest BCUT2D eigenvalue weighted by Gasteiger charge is 2.30. The van der Waals surface area contributed by atoms with E-state index in [1.54, 1.807) is 12.1 Å². The second-order valence-corrected chi connectivity index (χ2v) is 5.00. The molecule has 0 aromatic heterocycles. The Morgan fingerprint density at radius 3 is 2.44 bits per heavy atom. The molecule has 3 nitrogen and oxygen atoms in total. The lowest BCUT2D eigenvalue weighted by atomic mass is 10.3. The summed E-state index contributed by atoms with van der Waals surface area (Å²) in [5.41, 5.74) is 0.478. The predicted octanol–water partition coefficient (Wildman–Crippen LogP) is 3.06. The van der Waals surface area contributed by atoms with E-state index in [-0.39, 0.29) is 29.7 Å². The zero-order valence-corrected chi connectivity index (χ0v) is 11.1. The van der Waals surface area contributed by atoms with Crippen LogP contribution in [0.4, 0.5) is 5.69 Å². The first-order chi connectivity index (χ1) is 7.50. The van der Waals surface area contributed by atoms with Crippen LogP contribution in [0.25, 0.3) is 0 Å². The number of anilines is 1. The van der Waals surface area contributed by atoms with Crippen molar-refractivity contribution in [1.82, 2.24) is 0 Å². The first-order valence-corrected chi connectivity index (χ1v) is 6.01. The average molecular weight is 323 g/mol. The molecule has 6 heteroatoms. The highest BCUT2D eigenvalue weighted by Crippen LogP contribution is 2.38. The first-order valence-electron chi connectivity index (χ1n) is 4.46. The Morgan fingerprint density at radius 2 is 1.88 bits per heavy atom. The summed E-state index contributed by atoms with van der Waals surface area (Å²) in [6.45, 7) is 0.0660. The van der Waals surface area contributed by atoms with Crippen molar-refractivity contribution >= 4 is 56.5 Å². The Morgan fingerprint density at radius 1 is 1.19 bits per heavy atom. The number of Topliss-reactive ketones (excluding diaryl/α,β-unsaturated/α-hetero) is 1. The van der Waals surface area contributed by atoms with Crippen LogP contribution in [0.3, 0.4) is 0 Å². The van der Waals surface area contributed by atoms with Crippen LogP contribution in [-0.2, 0) is 9.59 Å². The summed E-state index contributed by atoms with van der Waals surface area (Å²) in [6, 6.07) is 3.36. The maximum Gasteiger partial charge on any atom is 0.234 e. The molecule has 84 valence electrons. The quantitative estimate of drug-likeness (QED) is 0.588. The third kappa shape index (κ3) is 1.97. The number of nitrogens with zero attached hydrogens (tertiary/aromatic N) is 1. The van der Waals surface area contributed by atoms with Crippen LogP contribution < -0.4 is 4.90 Å². The van der Waals surface area contributed by atoms with Crippen molar-refractivity contribution in [3.63, 3.8) is 0 Å². The van der Waals surface area contributed by atoms with E-state index in [1.807, 2.05) is 0 Å².